The molecule has 2 N–H and O–H groups in total. The Balaban J connectivity index is 2.36. The molecule has 1 saturated heterocycles. The van der Waals surface area contributed by atoms with Gasteiger partial charge >= 0.3 is 0 Å². The number of morpholine rings is 1. The second-order valence-corrected chi connectivity index (χ2v) is 4.96. The van der Waals surface area contributed by atoms with Gasteiger partial charge in [0.25, 0.3) is 0 Å². The van der Waals surface area contributed by atoms with Crippen molar-refractivity contribution in [3.05, 3.63) is 28.0 Å². The summed E-state index contributed by atoms with van der Waals surface area (Å²) in [4.78, 5) is 2.14. The fourth-order valence-electron chi connectivity index (χ4n) is 1.78. The Labute approximate surface area is 113 Å². The van der Waals surface area contributed by atoms with Crippen LogP contribution in [0, 0.1) is 5.82 Å². The van der Waals surface area contributed by atoms with Gasteiger partial charge in [0.1, 0.15) is 4.99 Å². The lowest BCUT2D eigenvalue weighted by Gasteiger charge is -2.29. The summed E-state index contributed by atoms with van der Waals surface area (Å²) in [6.45, 7) is 2.62. The lowest BCUT2D eigenvalue weighted by Crippen LogP contribution is -2.36. The van der Waals surface area contributed by atoms with E-state index in [1.54, 1.807) is 12.1 Å². The van der Waals surface area contributed by atoms with Crippen LogP contribution < -0.4 is 10.6 Å². The normalized spacial score (nSPS) is 16.0. The SMILES string of the molecule is NC(=S)c1ccc(N2CCOCC2)c(F)c1Br. The van der Waals surface area contributed by atoms with Crippen LogP contribution in [0.3, 0.4) is 0 Å². The van der Waals surface area contributed by atoms with Crippen LogP contribution in [0.15, 0.2) is 16.6 Å². The molecule has 1 aliphatic heterocycles. The van der Waals surface area contributed by atoms with Crippen LogP contribution >= 0.6 is 28.1 Å². The van der Waals surface area contributed by atoms with Gasteiger partial charge in [0, 0.05) is 18.7 Å². The van der Waals surface area contributed by atoms with E-state index in [1.165, 1.54) is 0 Å². The Morgan fingerprint density at radius 3 is 2.65 bits per heavy atom. The van der Waals surface area contributed by atoms with Gasteiger partial charge in [-0.2, -0.15) is 0 Å². The van der Waals surface area contributed by atoms with Crippen LogP contribution in [-0.4, -0.2) is 31.3 Å². The van der Waals surface area contributed by atoms with E-state index in [0.717, 1.165) is 0 Å². The van der Waals surface area contributed by atoms with Gasteiger partial charge in [0.2, 0.25) is 0 Å². The van der Waals surface area contributed by atoms with Crippen molar-refractivity contribution < 1.29 is 9.13 Å². The minimum absolute atomic E-state index is 0.185. The third-order valence-corrected chi connectivity index (χ3v) is 3.67. The zero-order valence-corrected chi connectivity index (χ0v) is 11.5. The predicted octanol–water partition coefficient (Wildman–Crippen LogP) is 2.06. The van der Waals surface area contributed by atoms with Crippen molar-refractivity contribution in [1.82, 2.24) is 0 Å². The summed E-state index contributed by atoms with van der Waals surface area (Å²) in [6, 6.07) is 3.44. The number of hydrogen-bond acceptors (Lipinski definition) is 3. The van der Waals surface area contributed by atoms with E-state index in [9.17, 15) is 4.39 Å². The molecule has 0 aromatic heterocycles. The zero-order valence-electron chi connectivity index (χ0n) is 9.08. The minimum atomic E-state index is -0.322. The molecule has 0 unspecified atom stereocenters. The molecule has 2 rings (SSSR count). The van der Waals surface area contributed by atoms with Crippen LogP contribution in [0.5, 0.6) is 0 Å². The van der Waals surface area contributed by atoms with E-state index in [0.29, 0.717) is 42.0 Å². The average Bonchev–Trinajstić information content (AvgIpc) is 2.33. The lowest BCUT2D eigenvalue weighted by atomic mass is 10.1. The topological polar surface area (TPSA) is 38.5 Å². The van der Waals surface area contributed by atoms with E-state index >= 15 is 0 Å². The number of rotatable bonds is 2. The molecule has 0 amide bonds. The van der Waals surface area contributed by atoms with Crippen LogP contribution in [0.1, 0.15) is 5.56 Å². The van der Waals surface area contributed by atoms with Crippen LogP contribution in [0.2, 0.25) is 0 Å². The van der Waals surface area contributed by atoms with E-state index < -0.39 is 0 Å². The summed E-state index contributed by atoms with van der Waals surface area (Å²) in [5.74, 6) is -0.322. The standard InChI is InChI=1S/C11H12BrFN2OS/c12-9-7(11(14)17)1-2-8(10(9)13)15-3-5-16-6-4-15/h1-2H,3-6H2,(H2,14,17). The number of nitrogens with zero attached hydrogens (tertiary/aromatic N) is 1. The molecule has 0 radical (unpaired) electrons. The summed E-state index contributed by atoms with van der Waals surface area (Å²) in [6.07, 6.45) is 0. The van der Waals surface area contributed by atoms with Gasteiger partial charge in [0.15, 0.2) is 5.82 Å². The molecule has 3 nitrogen and oxygen atoms in total. The maximum Gasteiger partial charge on any atom is 0.161 e. The molecule has 0 aliphatic carbocycles. The first-order chi connectivity index (χ1) is 8.11. The summed E-state index contributed by atoms with van der Waals surface area (Å²) in [5, 5.41) is 0. The van der Waals surface area contributed by atoms with Crippen LogP contribution in [0.4, 0.5) is 10.1 Å². The van der Waals surface area contributed by atoms with Gasteiger partial charge < -0.3 is 15.4 Å². The first-order valence-corrected chi connectivity index (χ1v) is 6.42. The lowest BCUT2D eigenvalue weighted by molar-refractivity contribution is 0.122. The number of nitrogens with two attached hydrogens (primary N) is 1. The molecule has 6 heteroatoms. The Bertz CT molecular complexity index is 449. The quantitative estimate of drug-likeness (QED) is 0.847. The molecule has 1 aromatic carbocycles. The molecule has 0 atom stereocenters. The molecule has 0 bridgehead atoms. The Morgan fingerprint density at radius 2 is 2.06 bits per heavy atom. The van der Waals surface area contributed by atoms with Gasteiger partial charge in [-0.1, -0.05) is 12.2 Å². The highest BCUT2D eigenvalue weighted by Gasteiger charge is 2.19. The van der Waals surface area contributed by atoms with E-state index in [1.807, 2.05) is 4.90 Å². The second-order valence-electron chi connectivity index (χ2n) is 3.72. The van der Waals surface area contributed by atoms with Gasteiger partial charge in [-0.05, 0) is 28.1 Å². The van der Waals surface area contributed by atoms with Crippen molar-refractivity contribution >= 4 is 38.8 Å². The van der Waals surface area contributed by atoms with Crippen molar-refractivity contribution in [3.63, 3.8) is 0 Å². The molecule has 0 spiro atoms. The molecule has 1 aliphatic rings. The van der Waals surface area contributed by atoms with Gasteiger partial charge in [-0.3, -0.25) is 0 Å². The van der Waals surface area contributed by atoms with Crippen LogP contribution in [-0.2, 0) is 4.74 Å². The Hall–Kier alpha value is -0.720. The predicted molar refractivity (Wildman–Crippen MR) is 73.0 cm³/mol. The first-order valence-electron chi connectivity index (χ1n) is 5.21. The largest absolute Gasteiger partial charge is 0.389 e. The van der Waals surface area contributed by atoms with Crippen molar-refractivity contribution in [2.45, 2.75) is 0 Å². The molecular formula is C11H12BrFN2OS. The average molecular weight is 319 g/mol. The third-order valence-electron chi connectivity index (χ3n) is 2.68. The van der Waals surface area contributed by atoms with Crippen molar-refractivity contribution in [2.24, 2.45) is 5.73 Å². The molecule has 1 fully saturated rings. The smallest absolute Gasteiger partial charge is 0.161 e. The number of halogens is 2. The molecule has 17 heavy (non-hydrogen) atoms. The number of ether oxygens (including phenoxy) is 1. The van der Waals surface area contributed by atoms with Crippen molar-refractivity contribution in [1.29, 1.82) is 0 Å². The maximum atomic E-state index is 14.2. The number of hydrogen-bond donors (Lipinski definition) is 1. The minimum Gasteiger partial charge on any atom is -0.389 e. The highest BCUT2D eigenvalue weighted by atomic mass is 79.9. The monoisotopic (exact) mass is 318 g/mol. The molecule has 92 valence electrons. The first kappa shape index (κ1) is 12.7. The van der Waals surface area contributed by atoms with Crippen molar-refractivity contribution in [3.8, 4) is 0 Å². The fraction of sp³-hybridized carbons (Fsp3) is 0.364. The number of benzene rings is 1. The number of thiocarbonyl (C=S) groups is 1. The van der Waals surface area contributed by atoms with Crippen molar-refractivity contribution in [2.75, 3.05) is 31.2 Å². The van der Waals surface area contributed by atoms with E-state index in [4.69, 9.17) is 22.7 Å². The Morgan fingerprint density at radius 1 is 1.41 bits per heavy atom. The summed E-state index contributed by atoms with van der Waals surface area (Å²) in [5.41, 5.74) is 6.59. The molecule has 0 saturated carbocycles. The zero-order chi connectivity index (χ0) is 12.4. The van der Waals surface area contributed by atoms with Gasteiger partial charge in [-0.25, -0.2) is 4.39 Å². The maximum absolute atomic E-state index is 14.2. The second kappa shape index (κ2) is 5.29. The Kier molecular flexibility index (Phi) is 3.96. The van der Waals surface area contributed by atoms with Crippen LogP contribution in [0.25, 0.3) is 0 Å². The molecule has 1 heterocycles. The fourth-order valence-corrected chi connectivity index (χ4v) is 2.63. The van der Waals surface area contributed by atoms with E-state index in [-0.39, 0.29) is 10.8 Å². The summed E-state index contributed by atoms with van der Waals surface area (Å²) >= 11 is 8.05. The third kappa shape index (κ3) is 2.59. The number of anilines is 1. The van der Waals surface area contributed by atoms with Gasteiger partial charge in [0.05, 0.1) is 23.4 Å². The molecule has 1 aromatic rings. The van der Waals surface area contributed by atoms with E-state index in [2.05, 4.69) is 15.9 Å². The molecular weight excluding hydrogens is 307 g/mol. The summed E-state index contributed by atoms with van der Waals surface area (Å²) in [7, 11) is 0. The highest BCUT2D eigenvalue weighted by molar-refractivity contribution is 9.10. The summed E-state index contributed by atoms with van der Waals surface area (Å²) < 4.78 is 19.7. The van der Waals surface area contributed by atoms with Gasteiger partial charge in [-0.15, -0.1) is 0 Å². The highest BCUT2D eigenvalue weighted by Crippen LogP contribution is 2.29.